The van der Waals surface area contributed by atoms with Crippen LogP contribution in [0.3, 0.4) is 0 Å². The van der Waals surface area contributed by atoms with E-state index >= 15 is 0 Å². The van der Waals surface area contributed by atoms with Crippen LogP contribution >= 0.6 is 0 Å². The van der Waals surface area contributed by atoms with Crippen molar-refractivity contribution in [3.63, 3.8) is 0 Å². The molecule has 0 spiro atoms. The third-order valence-electron chi connectivity index (χ3n) is 5.05. The molecule has 1 N–H and O–H groups in total. The molecule has 30 heavy (non-hydrogen) atoms. The predicted octanol–water partition coefficient (Wildman–Crippen LogP) is 2.57. The highest BCUT2D eigenvalue weighted by Gasteiger charge is 2.45. The van der Waals surface area contributed by atoms with E-state index in [1.165, 1.54) is 0 Å². The van der Waals surface area contributed by atoms with Crippen molar-refractivity contribution in [1.82, 2.24) is 24.6 Å². The lowest BCUT2D eigenvalue weighted by Crippen LogP contribution is -2.48. The first-order valence-corrected chi connectivity index (χ1v) is 9.80. The van der Waals surface area contributed by atoms with Crippen LogP contribution in [0.15, 0.2) is 41.8 Å². The first-order valence-electron chi connectivity index (χ1n) is 9.80. The molecule has 0 fully saturated rings. The Morgan fingerprint density at radius 3 is 2.70 bits per heavy atom. The second-order valence-electron chi connectivity index (χ2n) is 8.23. The Morgan fingerprint density at radius 1 is 1.33 bits per heavy atom. The van der Waals surface area contributed by atoms with Crippen LogP contribution in [0.1, 0.15) is 42.5 Å². The highest BCUT2D eigenvalue weighted by atomic mass is 16.2. The van der Waals surface area contributed by atoms with Crippen molar-refractivity contribution < 1.29 is 4.79 Å². The second-order valence-corrected chi connectivity index (χ2v) is 8.23. The molecule has 0 radical (unpaired) electrons. The van der Waals surface area contributed by atoms with E-state index in [4.69, 9.17) is 10.1 Å². The van der Waals surface area contributed by atoms with Gasteiger partial charge in [-0.05, 0) is 33.8 Å². The highest BCUT2D eigenvalue weighted by molar-refractivity contribution is 6.20. The monoisotopic (exact) mass is 406 g/mol. The summed E-state index contributed by atoms with van der Waals surface area (Å²) in [7, 11) is 1.75. The maximum Gasteiger partial charge on any atom is 0.267 e. The van der Waals surface area contributed by atoms with Crippen LogP contribution in [0.4, 0.5) is 11.6 Å². The maximum absolute atomic E-state index is 13.3. The van der Waals surface area contributed by atoms with E-state index in [9.17, 15) is 4.79 Å². The van der Waals surface area contributed by atoms with Gasteiger partial charge < -0.3 is 5.32 Å². The number of fused-ring (bicyclic) bond motifs is 3. The quantitative estimate of drug-likeness (QED) is 0.768. The van der Waals surface area contributed by atoms with Crippen LogP contribution in [0, 0.1) is 6.92 Å². The molecule has 2 aromatic rings. The number of nitrogens with one attached hydrogen (secondary N) is 1. The molecule has 0 aromatic carbocycles. The number of carbonyl (C=O) groups is 1. The van der Waals surface area contributed by atoms with Gasteiger partial charge in [0.15, 0.2) is 5.82 Å². The van der Waals surface area contributed by atoms with Gasteiger partial charge in [-0.3, -0.25) is 14.6 Å². The van der Waals surface area contributed by atoms with E-state index in [0.29, 0.717) is 42.1 Å². The van der Waals surface area contributed by atoms with Gasteiger partial charge in [-0.2, -0.15) is 5.10 Å². The molecule has 0 saturated heterocycles. The van der Waals surface area contributed by atoms with E-state index in [0.717, 1.165) is 11.3 Å². The molecule has 9 heteroatoms. The molecular weight excluding hydrogens is 380 g/mol. The number of allylic oxidation sites excluding steroid dienone is 3. The second kappa shape index (κ2) is 7.08. The van der Waals surface area contributed by atoms with E-state index in [1.54, 1.807) is 35.1 Å². The lowest BCUT2D eigenvalue weighted by molar-refractivity contribution is 0.0866. The third-order valence-corrected chi connectivity index (χ3v) is 5.05. The average Bonchev–Trinajstić information content (AvgIpc) is 3.19. The van der Waals surface area contributed by atoms with Crippen molar-refractivity contribution in [2.75, 3.05) is 23.8 Å². The molecule has 156 valence electrons. The largest absolute Gasteiger partial charge is 0.344 e. The number of carbonyl (C=O) groups excluding carboxylic acids is 1. The number of aromatic nitrogens is 4. The lowest BCUT2D eigenvalue weighted by Gasteiger charge is -2.30. The van der Waals surface area contributed by atoms with Crippen LogP contribution < -0.4 is 10.2 Å². The molecule has 4 rings (SSSR count). The van der Waals surface area contributed by atoms with Crippen molar-refractivity contribution in [3.05, 3.63) is 53.8 Å². The number of aryl methyl sites for hydroxylation is 1. The standard InChI is InChI=1S/C21H26N8O/c1-7-8-13(2)24-17-16-18(26-29(17)11-15-9-22-14(3)23-10-15)28-12-21(4,5)25-20(28)27(6)19(16)30/h7-10,24H,1,11-12H2,2-6H3/b13-8+. The topological polar surface area (TPSA) is 91.5 Å². The smallest absolute Gasteiger partial charge is 0.267 e. The zero-order chi connectivity index (χ0) is 21.6. The number of aliphatic imine (C=N–C) groups is 1. The molecule has 4 heterocycles. The summed E-state index contributed by atoms with van der Waals surface area (Å²) in [4.78, 5) is 30.2. The summed E-state index contributed by atoms with van der Waals surface area (Å²) < 4.78 is 1.79. The van der Waals surface area contributed by atoms with Gasteiger partial charge in [-0.15, -0.1) is 0 Å². The zero-order valence-corrected chi connectivity index (χ0v) is 18.0. The number of guanidine groups is 1. The van der Waals surface area contributed by atoms with Gasteiger partial charge in [-0.1, -0.05) is 12.7 Å². The minimum absolute atomic E-state index is 0.141. The number of rotatable bonds is 5. The molecule has 0 bridgehead atoms. The summed E-state index contributed by atoms with van der Waals surface area (Å²) in [6, 6.07) is 0. The molecule has 2 aliphatic rings. The summed E-state index contributed by atoms with van der Waals surface area (Å²) in [6.07, 6.45) is 7.10. The Bertz CT molecular complexity index is 1080. The van der Waals surface area contributed by atoms with Crippen molar-refractivity contribution in [1.29, 1.82) is 0 Å². The molecule has 2 aromatic heterocycles. The van der Waals surface area contributed by atoms with Gasteiger partial charge in [0.1, 0.15) is 17.2 Å². The molecule has 0 unspecified atom stereocenters. The van der Waals surface area contributed by atoms with Crippen molar-refractivity contribution in [2.45, 2.75) is 39.8 Å². The molecule has 2 aliphatic heterocycles. The predicted molar refractivity (Wildman–Crippen MR) is 117 cm³/mol. The molecular formula is C21H26N8O. The number of nitrogens with zero attached hydrogens (tertiary/aromatic N) is 7. The fourth-order valence-electron chi connectivity index (χ4n) is 3.66. The summed E-state index contributed by atoms with van der Waals surface area (Å²) in [5.74, 6) is 2.44. The number of anilines is 2. The molecule has 9 nitrogen and oxygen atoms in total. The summed E-state index contributed by atoms with van der Waals surface area (Å²) in [5, 5.41) is 8.16. The zero-order valence-electron chi connectivity index (χ0n) is 18.0. The maximum atomic E-state index is 13.3. The molecule has 1 amide bonds. The van der Waals surface area contributed by atoms with Crippen molar-refractivity contribution >= 4 is 23.5 Å². The highest BCUT2D eigenvalue weighted by Crippen LogP contribution is 2.38. The Labute approximate surface area is 175 Å². The van der Waals surface area contributed by atoms with Crippen LogP contribution in [0.2, 0.25) is 0 Å². The number of hydrogen-bond acceptors (Lipinski definition) is 7. The fraction of sp³-hybridized carbons (Fsp3) is 0.381. The van der Waals surface area contributed by atoms with Gasteiger partial charge in [0, 0.05) is 30.7 Å². The lowest BCUT2D eigenvalue weighted by atomic mass is 10.1. The molecule has 0 aliphatic carbocycles. The van der Waals surface area contributed by atoms with Crippen LogP contribution in [0.5, 0.6) is 0 Å². The first-order chi connectivity index (χ1) is 14.2. The van der Waals surface area contributed by atoms with Gasteiger partial charge in [0.25, 0.3) is 5.91 Å². The SMILES string of the molecule is C=C/C=C(\C)Nc1c2c(nn1Cc1cnc(C)nc1)N1CC(C)(C)N=C1N(C)C2=O. The van der Waals surface area contributed by atoms with Crippen molar-refractivity contribution in [3.8, 4) is 0 Å². The minimum Gasteiger partial charge on any atom is -0.344 e. The Kier molecular flexibility index (Phi) is 4.68. The van der Waals surface area contributed by atoms with E-state index < -0.39 is 0 Å². The van der Waals surface area contributed by atoms with Crippen LogP contribution in [-0.2, 0) is 6.54 Å². The van der Waals surface area contributed by atoms with Crippen LogP contribution in [-0.4, -0.2) is 55.6 Å². The average molecular weight is 406 g/mol. The number of amides is 1. The van der Waals surface area contributed by atoms with Crippen LogP contribution in [0.25, 0.3) is 0 Å². The van der Waals surface area contributed by atoms with Gasteiger partial charge in [0.2, 0.25) is 5.96 Å². The fourth-order valence-corrected chi connectivity index (χ4v) is 3.66. The first kappa shape index (κ1) is 19.8. The third kappa shape index (κ3) is 3.36. The summed E-state index contributed by atoms with van der Waals surface area (Å²) in [5.41, 5.74) is 1.97. The Hall–Kier alpha value is -3.49. The normalized spacial score (nSPS) is 17.6. The molecule has 0 saturated carbocycles. The van der Waals surface area contributed by atoms with Gasteiger partial charge in [0.05, 0.1) is 18.6 Å². The van der Waals surface area contributed by atoms with E-state index in [2.05, 4.69) is 21.9 Å². The van der Waals surface area contributed by atoms with E-state index in [-0.39, 0.29) is 11.4 Å². The van der Waals surface area contributed by atoms with Crippen molar-refractivity contribution in [2.24, 2.45) is 4.99 Å². The summed E-state index contributed by atoms with van der Waals surface area (Å²) >= 11 is 0. The van der Waals surface area contributed by atoms with E-state index in [1.807, 2.05) is 38.7 Å². The van der Waals surface area contributed by atoms with Gasteiger partial charge in [-0.25, -0.2) is 19.6 Å². The van der Waals surface area contributed by atoms with Gasteiger partial charge >= 0.3 is 0 Å². The summed E-state index contributed by atoms with van der Waals surface area (Å²) in [6.45, 7) is 12.7. The minimum atomic E-state index is -0.299. The molecule has 0 atom stereocenters. The Balaban J connectivity index is 1.84. The number of hydrogen-bond donors (Lipinski definition) is 1. The Morgan fingerprint density at radius 2 is 2.03 bits per heavy atom.